The number of aliphatic hydroxyl groups is 1. The van der Waals surface area contributed by atoms with Gasteiger partial charge in [0.2, 0.25) is 5.91 Å². The van der Waals surface area contributed by atoms with E-state index in [1.54, 1.807) is 0 Å². The van der Waals surface area contributed by atoms with Gasteiger partial charge in [-0.3, -0.25) is 9.36 Å². The largest absolute Gasteiger partial charge is 0.756 e. The Bertz CT molecular complexity index is 778. The fourth-order valence-electron chi connectivity index (χ4n) is 6.22. The number of unbranched alkanes of at least 4 members (excludes halogenated alkanes) is 25. The summed E-state index contributed by atoms with van der Waals surface area (Å²) in [5.41, 5.74) is 0. The number of amides is 1. The van der Waals surface area contributed by atoms with Crippen molar-refractivity contribution in [1.29, 1.82) is 0 Å². The van der Waals surface area contributed by atoms with Crippen molar-refractivity contribution < 1.29 is 32.9 Å². The number of phosphoric acid groups is 1. The molecule has 0 saturated carbocycles. The molecule has 0 saturated heterocycles. The van der Waals surface area contributed by atoms with Gasteiger partial charge in [0.05, 0.1) is 39.9 Å². The van der Waals surface area contributed by atoms with Crippen molar-refractivity contribution in [2.75, 3.05) is 40.9 Å². The van der Waals surface area contributed by atoms with Crippen LogP contribution in [0.15, 0.2) is 0 Å². The fourth-order valence-corrected chi connectivity index (χ4v) is 6.94. The molecule has 8 nitrogen and oxygen atoms in total. The van der Waals surface area contributed by atoms with Crippen LogP contribution in [0.1, 0.15) is 200 Å². The number of hydrogen-bond donors (Lipinski definition) is 2. The van der Waals surface area contributed by atoms with Crippen LogP contribution < -0.4 is 10.2 Å². The molecule has 0 aliphatic heterocycles. The van der Waals surface area contributed by atoms with E-state index >= 15 is 0 Å². The van der Waals surface area contributed by atoms with Gasteiger partial charge in [-0.25, -0.2) is 0 Å². The molecule has 49 heavy (non-hydrogen) atoms. The molecule has 0 aliphatic rings. The second-order valence-corrected chi connectivity index (χ2v) is 17.1. The molecule has 0 spiro atoms. The molecule has 0 fully saturated rings. The predicted octanol–water partition coefficient (Wildman–Crippen LogP) is 10.4. The summed E-state index contributed by atoms with van der Waals surface area (Å²) in [7, 11) is 1.31. The minimum atomic E-state index is -4.54. The van der Waals surface area contributed by atoms with Crippen molar-refractivity contribution in [3.63, 3.8) is 0 Å². The Kier molecular flexibility index (Phi) is 33.0. The highest BCUT2D eigenvalue weighted by Gasteiger charge is 2.24. The summed E-state index contributed by atoms with van der Waals surface area (Å²) in [6.45, 7) is 4.66. The first-order valence-corrected chi connectivity index (χ1v) is 22.3. The maximum Gasteiger partial charge on any atom is 0.268 e. The minimum absolute atomic E-state index is 0.0152. The van der Waals surface area contributed by atoms with Gasteiger partial charge in [-0.05, 0) is 12.8 Å². The highest BCUT2D eigenvalue weighted by Crippen LogP contribution is 2.38. The van der Waals surface area contributed by atoms with Crippen LogP contribution >= 0.6 is 7.82 Å². The van der Waals surface area contributed by atoms with Gasteiger partial charge in [0.15, 0.2) is 0 Å². The number of rotatable bonds is 38. The quantitative estimate of drug-likeness (QED) is 0.0374. The van der Waals surface area contributed by atoms with E-state index in [0.29, 0.717) is 23.9 Å². The fraction of sp³-hybridized carbons (Fsp3) is 0.975. The van der Waals surface area contributed by atoms with E-state index in [2.05, 4.69) is 19.2 Å². The van der Waals surface area contributed by atoms with Gasteiger partial charge in [-0.2, -0.15) is 0 Å². The number of nitrogens with zero attached hydrogens (tertiary/aromatic N) is 1. The molecule has 0 aromatic heterocycles. The molecular formula is C40H83N2O6P. The van der Waals surface area contributed by atoms with E-state index in [0.717, 1.165) is 38.5 Å². The number of phosphoric ester groups is 1. The average molecular weight is 719 g/mol. The van der Waals surface area contributed by atoms with Crippen molar-refractivity contribution in [2.45, 2.75) is 212 Å². The van der Waals surface area contributed by atoms with E-state index in [-0.39, 0.29) is 19.1 Å². The zero-order chi connectivity index (χ0) is 36.5. The number of carbonyl (C=O) groups excluding carboxylic acids is 1. The first-order valence-electron chi connectivity index (χ1n) is 20.9. The molecule has 294 valence electrons. The molecule has 0 rings (SSSR count). The first kappa shape index (κ1) is 48.5. The molecule has 0 aromatic carbocycles. The van der Waals surface area contributed by atoms with Crippen molar-refractivity contribution in [1.82, 2.24) is 5.32 Å². The van der Waals surface area contributed by atoms with Crippen molar-refractivity contribution in [3.8, 4) is 0 Å². The highest BCUT2D eigenvalue weighted by atomic mass is 31.2. The molecule has 9 heteroatoms. The zero-order valence-electron chi connectivity index (χ0n) is 33.2. The van der Waals surface area contributed by atoms with E-state index in [9.17, 15) is 19.4 Å². The molecular weight excluding hydrogens is 635 g/mol. The van der Waals surface area contributed by atoms with Gasteiger partial charge in [-0.15, -0.1) is 0 Å². The Labute approximate surface area is 304 Å². The molecule has 1 amide bonds. The van der Waals surface area contributed by atoms with Crippen molar-refractivity contribution in [3.05, 3.63) is 0 Å². The van der Waals surface area contributed by atoms with Crippen LogP contribution in [-0.2, 0) is 18.4 Å². The number of likely N-dealkylation sites (N-methyl/N-ethyl adjacent to an activating group) is 1. The third-order valence-electron chi connectivity index (χ3n) is 9.60. The SMILES string of the molecule is CCCCCCCCCCCCCCCCCCCCCCCC(O)C(COP(=O)([O-])OCC[N+](C)(C)C)NC(=O)CCCCCCCC. The Morgan fingerprint density at radius 2 is 1.00 bits per heavy atom. The van der Waals surface area contributed by atoms with Crippen LogP contribution in [0.4, 0.5) is 0 Å². The Balaban J connectivity index is 4.14. The molecule has 0 aliphatic carbocycles. The van der Waals surface area contributed by atoms with Gasteiger partial charge >= 0.3 is 0 Å². The lowest BCUT2D eigenvalue weighted by atomic mass is 10.0. The molecule has 3 unspecified atom stereocenters. The van der Waals surface area contributed by atoms with Gasteiger partial charge in [0, 0.05) is 6.42 Å². The lowest BCUT2D eigenvalue weighted by Crippen LogP contribution is -2.46. The summed E-state index contributed by atoms with van der Waals surface area (Å²) in [6, 6.07) is -0.790. The molecule has 0 aromatic rings. The summed E-state index contributed by atoms with van der Waals surface area (Å²) < 4.78 is 23.1. The van der Waals surface area contributed by atoms with Crippen molar-refractivity contribution >= 4 is 13.7 Å². The number of quaternary nitrogens is 1. The van der Waals surface area contributed by atoms with Crippen LogP contribution in [0.3, 0.4) is 0 Å². The second kappa shape index (κ2) is 33.3. The monoisotopic (exact) mass is 719 g/mol. The molecule has 0 bridgehead atoms. The third kappa shape index (κ3) is 35.7. The summed E-state index contributed by atoms with van der Waals surface area (Å²) in [5, 5.41) is 13.8. The normalized spacial score (nSPS) is 14.5. The smallest absolute Gasteiger partial charge is 0.268 e. The van der Waals surface area contributed by atoms with Gasteiger partial charge in [0.1, 0.15) is 13.2 Å². The summed E-state index contributed by atoms with van der Waals surface area (Å²) in [4.78, 5) is 25.0. The van der Waals surface area contributed by atoms with Crippen LogP contribution in [0.2, 0.25) is 0 Å². The van der Waals surface area contributed by atoms with Gasteiger partial charge in [0.25, 0.3) is 7.82 Å². The average Bonchev–Trinajstić information content (AvgIpc) is 3.04. The third-order valence-corrected chi connectivity index (χ3v) is 10.6. The first-order chi connectivity index (χ1) is 23.5. The molecule has 2 N–H and O–H groups in total. The predicted molar refractivity (Wildman–Crippen MR) is 206 cm³/mol. The van der Waals surface area contributed by atoms with Gasteiger partial charge in [-0.1, -0.05) is 181 Å². The molecule has 3 atom stereocenters. The Morgan fingerprint density at radius 3 is 1.39 bits per heavy atom. The standard InChI is InChI=1S/C40H83N2O6P/c1-6-8-10-12-14-15-16-17-18-19-20-21-22-23-24-25-26-27-28-29-31-33-39(43)38(41-40(44)34-32-30-13-11-9-7-2)37-48-49(45,46)47-36-35-42(3,4)5/h38-39,43H,6-37H2,1-5H3,(H-,41,44,45,46). The van der Waals surface area contributed by atoms with E-state index in [1.807, 2.05) is 21.1 Å². The van der Waals surface area contributed by atoms with Crippen molar-refractivity contribution in [2.24, 2.45) is 0 Å². The van der Waals surface area contributed by atoms with E-state index in [4.69, 9.17) is 9.05 Å². The number of aliphatic hydroxyl groups excluding tert-OH is 1. The van der Waals surface area contributed by atoms with Crippen LogP contribution in [-0.4, -0.2) is 68.5 Å². The van der Waals surface area contributed by atoms with Crippen LogP contribution in [0, 0.1) is 0 Å². The number of nitrogens with one attached hydrogen (secondary N) is 1. The topological polar surface area (TPSA) is 108 Å². The zero-order valence-corrected chi connectivity index (χ0v) is 34.1. The lowest BCUT2D eigenvalue weighted by Gasteiger charge is -2.30. The van der Waals surface area contributed by atoms with Crippen LogP contribution in [0.25, 0.3) is 0 Å². The Morgan fingerprint density at radius 1 is 0.633 bits per heavy atom. The number of hydrogen-bond acceptors (Lipinski definition) is 6. The molecule has 0 radical (unpaired) electrons. The van der Waals surface area contributed by atoms with E-state index < -0.39 is 20.0 Å². The highest BCUT2D eigenvalue weighted by molar-refractivity contribution is 7.45. The minimum Gasteiger partial charge on any atom is -0.756 e. The lowest BCUT2D eigenvalue weighted by molar-refractivity contribution is -0.870. The maximum absolute atomic E-state index is 12.7. The maximum atomic E-state index is 12.7. The van der Waals surface area contributed by atoms with Crippen LogP contribution in [0.5, 0.6) is 0 Å². The Hall–Kier alpha value is -0.500. The second-order valence-electron chi connectivity index (χ2n) is 15.7. The number of carbonyl (C=O) groups is 1. The summed E-state index contributed by atoms with van der Waals surface area (Å²) in [5.74, 6) is -0.173. The summed E-state index contributed by atoms with van der Waals surface area (Å²) >= 11 is 0. The summed E-state index contributed by atoms with van der Waals surface area (Å²) in [6.07, 6.45) is 34.2. The van der Waals surface area contributed by atoms with Gasteiger partial charge < -0.3 is 28.8 Å². The van der Waals surface area contributed by atoms with E-state index in [1.165, 1.54) is 135 Å². The molecule has 0 heterocycles.